The molecule has 3 aromatic rings. The highest BCUT2D eigenvalue weighted by Crippen LogP contribution is 2.37. The van der Waals surface area contributed by atoms with Gasteiger partial charge in [-0.05, 0) is 54.4 Å². The van der Waals surface area contributed by atoms with Gasteiger partial charge in [0.15, 0.2) is 0 Å². The van der Waals surface area contributed by atoms with Gasteiger partial charge >= 0.3 is 0 Å². The smallest absolute Gasteiger partial charge is 0.279 e. The first kappa shape index (κ1) is 22.9. The van der Waals surface area contributed by atoms with Crippen molar-refractivity contribution >= 4 is 31.4 Å². The third-order valence-electron chi connectivity index (χ3n) is 5.19. The SMILES string of the molecule is Cc1ccc(C2CC(c3cccc(NS(C)(=O)=O)c3)=NN2S(=O)(=O)c2ccc(F)cc2)cc1. The maximum absolute atomic E-state index is 13.4. The molecule has 0 radical (unpaired) electrons. The van der Waals surface area contributed by atoms with E-state index in [1.54, 1.807) is 24.3 Å². The molecule has 1 aliphatic rings. The van der Waals surface area contributed by atoms with Crippen molar-refractivity contribution in [2.24, 2.45) is 5.10 Å². The van der Waals surface area contributed by atoms with E-state index < -0.39 is 31.9 Å². The highest BCUT2D eigenvalue weighted by Gasteiger charge is 2.37. The van der Waals surface area contributed by atoms with Gasteiger partial charge in [-0.2, -0.15) is 17.9 Å². The first-order valence-corrected chi connectivity index (χ1v) is 13.4. The van der Waals surface area contributed by atoms with E-state index in [0.717, 1.165) is 33.9 Å². The molecule has 1 unspecified atom stereocenters. The van der Waals surface area contributed by atoms with E-state index in [1.807, 2.05) is 31.2 Å². The fraction of sp³-hybridized carbons (Fsp3) is 0.174. The van der Waals surface area contributed by atoms with E-state index in [4.69, 9.17) is 0 Å². The molecule has 0 saturated carbocycles. The number of halogens is 1. The Labute approximate surface area is 192 Å². The second kappa shape index (κ2) is 8.60. The maximum atomic E-state index is 13.4. The normalized spacial score (nSPS) is 16.5. The topological polar surface area (TPSA) is 95.9 Å². The Balaban J connectivity index is 1.78. The summed E-state index contributed by atoms with van der Waals surface area (Å²) in [6, 6.07) is 18.1. The van der Waals surface area contributed by atoms with Crippen molar-refractivity contribution in [2.75, 3.05) is 11.0 Å². The lowest BCUT2D eigenvalue weighted by Crippen LogP contribution is -2.27. The Morgan fingerprint density at radius 2 is 1.64 bits per heavy atom. The molecule has 1 atom stereocenters. The number of rotatable bonds is 6. The lowest BCUT2D eigenvalue weighted by Gasteiger charge is -2.23. The molecule has 1 heterocycles. The van der Waals surface area contributed by atoms with Crippen molar-refractivity contribution in [3.63, 3.8) is 0 Å². The lowest BCUT2D eigenvalue weighted by molar-refractivity contribution is 0.371. The molecule has 0 amide bonds. The number of sulfonamides is 2. The third-order valence-corrected chi connectivity index (χ3v) is 7.49. The van der Waals surface area contributed by atoms with Crippen LogP contribution >= 0.6 is 0 Å². The van der Waals surface area contributed by atoms with Crippen LogP contribution in [0.2, 0.25) is 0 Å². The largest absolute Gasteiger partial charge is 0.284 e. The monoisotopic (exact) mass is 487 g/mol. The molecule has 1 N–H and O–H groups in total. The summed E-state index contributed by atoms with van der Waals surface area (Å²) in [5.74, 6) is -0.537. The number of hydrazone groups is 1. The Hall–Kier alpha value is -3.24. The van der Waals surface area contributed by atoms with E-state index in [2.05, 4.69) is 9.82 Å². The van der Waals surface area contributed by atoms with Crippen LogP contribution in [0.3, 0.4) is 0 Å². The van der Waals surface area contributed by atoms with Crippen LogP contribution in [0.25, 0.3) is 0 Å². The summed E-state index contributed by atoms with van der Waals surface area (Å²) in [4.78, 5) is -0.0708. The zero-order valence-corrected chi connectivity index (χ0v) is 19.6. The van der Waals surface area contributed by atoms with Gasteiger partial charge in [-0.1, -0.05) is 42.0 Å². The lowest BCUT2D eigenvalue weighted by atomic mass is 9.98. The summed E-state index contributed by atoms with van der Waals surface area (Å²) < 4.78 is 66.9. The minimum absolute atomic E-state index is 0.0708. The molecule has 0 fully saturated rings. The summed E-state index contributed by atoms with van der Waals surface area (Å²) >= 11 is 0. The molecule has 0 spiro atoms. The molecule has 4 rings (SSSR count). The number of hydrogen-bond donors (Lipinski definition) is 1. The molecule has 0 bridgehead atoms. The quantitative estimate of drug-likeness (QED) is 0.568. The van der Waals surface area contributed by atoms with Crippen molar-refractivity contribution in [3.05, 3.63) is 95.3 Å². The Morgan fingerprint density at radius 1 is 0.970 bits per heavy atom. The van der Waals surface area contributed by atoms with Gasteiger partial charge in [-0.25, -0.2) is 12.8 Å². The Bertz CT molecular complexity index is 1420. The minimum atomic E-state index is -4.08. The van der Waals surface area contributed by atoms with Gasteiger partial charge in [0, 0.05) is 12.1 Å². The number of benzene rings is 3. The molecule has 3 aromatic carbocycles. The van der Waals surface area contributed by atoms with Crippen molar-refractivity contribution < 1.29 is 21.2 Å². The van der Waals surface area contributed by atoms with Crippen molar-refractivity contribution in [3.8, 4) is 0 Å². The van der Waals surface area contributed by atoms with Gasteiger partial charge in [-0.3, -0.25) is 4.72 Å². The molecule has 1 aliphatic heterocycles. The zero-order valence-electron chi connectivity index (χ0n) is 17.9. The summed E-state index contributed by atoms with van der Waals surface area (Å²) in [7, 11) is -7.55. The second-order valence-corrected chi connectivity index (χ2v) is 11.4. The molecule has 33 heavy (non-hydrogen) atoms. The van der Waals surface area contributed by atoms with Gasteiger partial charge in [-0.15, -0.1) is 0 Å². The zero-order chi connectivity index (χ0) is 23.8. The summed E-state index contributed by atoms with van der Waals surface area (Å²) in [5, 5.41) is 4.44. The number of nitrogens with one attached hydrogen (secondary N) is 1. The van der Waals surface area contributed by atoms with Crippen LogP contribution in [0.4, 0.5) is 10.1 Å². The van der Waals surface area contributed by atoms with Crippen LogP contribution in [0.15, 0.2) is 82.8 Å². The molecule has 0 aliphatic carbocycles. The van der Waals surface area contributed by atoms with E-state index in [1.165, 1.54) is 12.1 Å². The second-order valence-electron chi connectivity index (χ2n) is 7.86. The third kappa shape index (κ3) is 5.07. The molecular weight excluding hydrogens is 465 g/mol. The molecule has 10 heteroatoms. The van der Waals surface area contributed by atoms with Crippen LogP contribution in [-0.2, 0) is 20.0 Å². The molecule has 0 saturated heterocycles. The number of aryl methyl sites for hydroxylation is 1. The summed E-state index contributed by atoms with van der Waals surface area (Å²) in [6.07, 6.45) is 1.34. The molecule has 7 nitrogen and oxygen atoms in total. The van der Waals surface area contributed by atoms with Crippen molar-refractivity contribution in [1.82, 2.24) is 4.41 Å². The molecular formula is C23H22FN3O4S2. The minimum Gasteiger partial charge on any atom is -0.284 e. The van der Waals surface area contributed by atoms with Crippen LogP contribution < -0.4 is 4.72 Å². The first-order chi connectivity index (χ1) is 15.5. The van der Waals surface area contributed by atoms with Crippen LogP contribution in [-0.4, -0.2) is 33.2 Å². The fourth-order valence-electron chi connectivity index (χ4n) is 3.61. The predicted molar refractivity (Wildman–Crippen MR) is 125 cm³/mol. The summed E-state index contributed by atoms with van der Waals surface area (Å²) in [6.45, 7) is 1.94. The highest BCUT2D eigenvalue weighted by atomic mass is 32.2. The Morgan fingerprint density at radius 3 is 2.27 bits per heavy atom. The standard InChI is InChI=1S/C23H22FN3O4S2/c1-16-6-8-17(9-7-16)23-15-22(18-4-3-5-20(14-18)26-32(2,28)29)25-27(23)33(30,31)21-12-10-19(24)11-13-21/h3-14,23,26H,15H2,1-2H3. The first-order valence-electron chi connectivity index (χ1n) is 10.1. The predicted octanol–water partition coefficient (Wildman–Crippen LogP) is 4.05. The van der Waals surface area contributed by atoms with E-state index in [9.17, 15) is 21.2 Å². The van der Waals surface area contributed by atoms with Crippen molar-refractivity contribution in [1.29, 1.82) is 0 Å². The highest BCUT2D eigenvalue weighted by molar-refractivity contribution is 7.92. The molecule has 0 aromatic heterocycles. The van der Waals surface area contributed by atoms with Crippen LogP contribution in [0.5, 0.6) is 0 Å². The Kier molecular flexibility index (Phi) is 5.98. The fourth-order valence-corrected chi connectivity index (χ4v) is 5.60. The van der Waals surface area contributed by atoms with Crippen molar-refractivity contribution in [2.45, 2.75) is 24.3 Å². The number of nitrogens with zero attached hydrogens (tertiary/aromatic N) is 2. The van der Waals surface area contributed by atoms with Gasteiger partial charge in [0.25, 0.3) is 10.0 Å². The van der Waals surface area contributed by atoms with Gasteiger partial charge in [0.2, 0.25) is 10.0 Å². The van der Waals surface area contributed by atoms with E-state index >= 15 is 0 Å². The number of anilines is 1. The maximum Gasteiger partial charge on any atom is 0.279 e. The van der Waals surface area contributed by atoms with Gasteiger partial charge < -0.3 is 0 Å². The van der Waals surface area contributed by atoms with Gasteiger partial charge in [0.05, 0.1) is 22.9 Å². The average Bonchev–Trinajstić information content (AvgIpc) is 3.20. The molecule has 172 valence electrons. The average molecular weight is 488 g/mol. The summed E-state index contributed by atoms with van der Waals surface area (Å²) in [5.41, 5.74) is 3.23. The van der Waals surface area contributed by atoms with Crippen LogP contribution in [0.1, 0.15) is 29.2 Å². The van der Waals surface area contributed by atoms with E-state index in [-0.39, 0.29) is 11.3 Å². The van der Waals surface area contributed by atoms with Gasteiger partial charge in [0.1, 0.15) is 5.82 Å². The number of hydrogen-bond acceptors (Lipinski definition) is 5. The van der Waals surface area contributed by atoms with E-state index in [0.29, 0.717) is 17.0 Å². The van der Waals surface area contributed by atoms with Crippen LogP contribution in [0, 0.1) is 12.7 Å².